The predicted octanol–water partition coefficient (Wildman–Crippen LogP) is 1.52. The number of alkyl halides is 1. The van der Waals surface area contributed by atoms with E-state index in [2.05, 4.69) is 15.9 Å². The summed E-state index contributed by atoms with van der Waals surface area (Å²) in [5.41, 5.74) is 0. The minimum absolute atomic E-state index is 0.190. The third-order valence-corrected chi connectivity index (χ3v) is 2.30. The van der Waals surface area contributed by atoms with Crippen LogP contribution in [0, 0.1) is 5.92 Å². The van der Waals surface area contributed by atoms with Crippen molar-refractivity contribution in [2.24, 2.45) is 5.92 Å². The van der Waals surface area contributed by atoms with Gasteiger partial charge in [-0.1, -0.05) is 28.1 Å². The van der Waals surface area contributed by atoms with Crippen molar-refractivity contribution in [3.63, 3.8) is 0 Å². The van der Waals surface area contributed by atoms with Crippen LogP contribution in [-0.4, -0.2) is 11.1 Å². The summed E-state index contributed by atoms with van der Waals surface area (Å²) >= 11 is 3.35. The van der Waals surface area contributed by atoms with Crippen molar-refractivity contribution < 1.29 is 4.79 Å². The Hall–Kier alpha value is -0.110. The lowest BCUT2D eigenvalue weighted by atomic mass is 10.1. The van der Waals surface area contributed by atoms with Crippen LogP contribution in [0.1, 0.15) is 6.42 Å². The summed E-state index contributed by atoms with van der Waals surface area (Å²) in [5, 5.41) is 0. The molecule has 44 valence electrons. The average Bonchev–Trinajstić information content (AvgIpc) is 2.14. The molecule has 0 aromatic rings. The van der Waals surface area contributed by atoms with E-state index < -0.39 is 0 Å². The van der Waals surface area contributed by atoms with E-state index in [0.717, 1.165) is 12.7 Å². The van der Waals surface area contributed by atoms with E-state index in [1.165, 1.54) is 0 Å². The second kappa shape index (κ2) is 2.44. The lowest BCUT2D eigenvalue weighted by Crippen LogP contribution is -2.06. The van der Waals surface area contributed by atoms with Crippen LogP contribution >= 0.6 is 15.9 Å². The number of rotatable bonds is 1. The Labute approximate surface area is 56.9 Å². The first-order valence-electron chi connectivity index (χ1n) is 2.60. The molecule has 0 fully saturated rings. The fraction of sp³-hybridized carbons (Fsp3) is 0.500. The summed E-state index contributed by atoms with van der Waals surface area (Å²) in [5.74, 6) is 0.190. The molecule has 2 unspecified atom stereocenters. The highest BCUT2D eigenvalue weighted by Gasteiger charge is 2.18. The van der Waals surface area contributed by atoms with Gasteiger partial charge >= 0.3 is 0 Å². The number of aldehydes is 1. The minimum atomic E-state index is 0.190. The van der Waals surface area contributed by atoms with Crippen molar-refractivity contribution in [1.82, 2.24) is 0 Å². The molecule has 0 aliphatic heterocycles. The summed E-state index contributed by atoms with van der Waals surface area (Å²) < 4.78 is 0. The molecule has 1 nitrogen and oxygen atoms in total. The summed E-state index contributed by atoms with van der Waals surface area (Å²) in [6.07, 6.45) is 5.94. The van der Waals surface area contributed by atoms with Crippen molar-refractivity contribution in [2.75, 3.05) is 0 Å². The molecule has 1 aliphatic rings. The van der Waals surface area contributed by atoms with E-state index in [-0.39, 0.29) is 5.92 Å². The van der Waals surface area contributed by atoms with Gasteiger partial charge in [0.05, 0.1) is 0 Å². The molecule has 0 bridgehead atoms. The molecule has 0 saturated heterocycles. The first kappa shape index (κ1) is 6.02. The second-order valence-corrected chi connectivity index (χ2v) is 2.97. The fourth-order valence-corrected chi connectivity index (χ4v) is 1.33. The van der Waals surface area contributed by atoms with Gasteiger partial charge in [0.2, 0.25) is 0 Å². The van der Waals surface area contributed by atoms with Crippen molar-refractivity contribution in [3.8, 4) is 0 Å². The molecule has 1 rings (SSSR count). The average molecular weight is 175 g/mol. The molecule has 0 radical (unpaired) electrons. The molecule has 0 aromatic carbocycles. The smallest absolute Gasteiger partial charge is 0.124 e. The highest BCUT2D eigenvalue weighted by molar-refractivity contribution is 9.09. The molecule has 0 amide bonds. The summed E-state index contributed by atoms with van der Waals surface area (Å²) in [6.45, 7) is 0. The van der Waals surface area contributed by atoms with Crippen LogP contribution < -0.4 is 0 Å². The molecular formula is C6H7BrO. The van der Waals surface area contributed by atoms with E-state index in [1.54, 1.807) is 0 Å². The Morgan fingerprint density at radius 1 is 1.75 bits per heavy atom. The predicted molar refractivity (Wildman–Crippen MR) is 36.0 cm³/mol. The second-order valence-electron chi connectivity index (χ2n) is 1.91. The zero-order valence-electron chi connectivity index (χ0n) is 4.38. The SMILES string of the molecule is O=CC1CC=CC1Br. The normalized spacial score (nSPS) is 35.6. The lowest BCUT2D eigenvalue weighted by Gasteiger charge is -2.01. The molecule has 0 saturated carbocycles. The molecule has 0 N–H and O–H groups in total. The zero-order valence-corrected chi connectivity index (χ0v) is 5.97. The van der Waals surface area contributed by atoms with E-state index >= 15 is 0 Å². The number of hydrogen-bond acceptors (Lipinski definition) is 1. The highest BCUT2D eigenvalue weighted by Crippen LogP contribution is 2.22. The number of allylic oxidation sites excluding steroid dienone is 2. The maximum Gasteiger partial charge on any atom is 0.124 e. The maximum atomic E-state index is 10.1. The first-order chi connectivity index (χ1) is 3.84. The number of hydrogen-bond donors (Lipinski definition) is 0. The van der Waals surface area contributed by atoms with Gasteiger partial charge in [-0.05, 0) is 6.42 Å². The Morgan fingerprint density at radius 3 is 2.75 bits per heavy atom. The third kappa shape index (κ3) is 0.996. The van der Waals surface area contributed by atoms with E-state index in [9.17, 15) is 4.79 Å². The van der Waals surface area contributed by atoms with Gasteiger partial charge in [-0.2, -0.15) is 0 Å². The van der Waals surface area contributed by atoms with Gasteiger partial charge < -0.3 is 4.79 Å². The van der Waals surface area contributed by atoms with E-state index in [1.807, 2.05) is 12.2 Å². The van der Waals surface area contributed by atoms with Gasteiger partial charge in [-0.3, -0.25) is 0 Å². The van der Waals surface area contributed by atoms with Crippen LogP contribution in [0.2, 0.25) is 0 Å². The third-order valence-electron chi connectivity index (χ3n) is 1.31. The summed E-state index contributed by atoms with van der Waals surface area (Å²) in [6, 6.07) is 0. The van der Waals surface area contributed by atoms with E-state index in [4.69, 9.17) is 0 Å². The number of carbonyl (C=O) groups is 1. The van der Waals surface area contributed by atoms with Gasteiger partial charge in [0.25, 0.3) is 0 Å². The summed E-state index contributed by atoms with van der Waals surface area (Å²) in [4.78, 5) is 10.4. The zero-order chi connectivity index (χ0) is 5.98. The number of halogens is 1. The fourth-order valence-electron chi connectivity index (χ4n) is 0.769. The van der Waals surface area contributed by atoms with Gasteiger partial charge in [0.15, 0.2) is 0 Å². The molecule has 2 heteroatoms. The van der Waals surface area contributed by atoms with Crippen molar-refractivity contribution in [1.29, 1.82) is 0 Å². The van der Waals surface area contributed by atoms with Crippen molar-refractivity contribution in [2.45, 2.75) is 11.2 Å². The van der Waals surface area contributed by atoms with Crippen LogP contribution in [0.3, 0.4) is 0 Å². The molecular weight excluding hydrogens is 168 g/mol. The van der Waals surface area contributed by atoms with Crippen LogP contribution in [0.5, 0.6) is 0 Å². The van der Waals surface area contributed by atoms with Crippen LogP contribution in [0.25, 0.3) is 0 Å². The maximum absolute atomic E-state index is 10.1. The number of carbonyl (C=O) groups excluding carboxylic acids is 1. The Balaban J connectivity index is 2.50. The monoisotopic (exact) mass is 174 g/mol. The Bertz CT molecular complexity index is 120. The van der Waals surface area contributed by atoms with Crippen molar-refractivity contribution in [3.05, 3.63) is 12.2 Å². The molecule has 1 aliphatic carbocycles. The lowest BCUT2D eigenvalue weighted by molar-refractivity contribution is -0.110. The quantitative estimate of drug-likeness (QED) is 0.335. The van der Waals surface area contributed by atoms with Gasteiger partial charge in [0, 0.05) is 10.7 Å². The Morgan fingerprint density at radius 2 is 2.50 bits per heavy atom. The molecule has 0 spiro atoms. The molecule has 0 aromatic heterocycles. The van der Waals surface area contributed by atoms with Crippen LogP contribution in [0.4, 0.5) is 0 Å². The summed E-state index contributed by atoms with van der Waals surface area (Å²) in [7, 11) is 0. The van der Waals surface area contributed by atoms with Crippen LogP contribution in [-0.2, 0) is 4.79 Å². The largest absolute Gasteiger partial charge is 0.303 e. The van der Waals surface area contributed by atoms with E-state index in [0.29, 0.717) is 4.83 Å². The molecule has 0 heterocycles. The first-order valence-corrected chi connectivity index (χ1v) is 3.52. The Kier molecular flexibility index (Phi) is 1.84. The minimum Gasteiger partial charge on any atom is -0.303 e. The standard InChI is InChI=1S/C6H7BrO/c7-6-3-1-2-5(6)4-8/h1,3-6H,2H2. The van der Waals surface area contributed by atoms with Gasteiger partial charge in [0.1, 0.15) is 6.29 Å². The van der Waals surface area contributed by atoms with Gasteiger partial charge in [-0.15, -0.1) is 0 Å². The topological polar surface area (TPSA) is 17.1 Å². The highest BCUT2D eigenvalue weighted by atomic mass is 79.9. The molecule has 8 heavy (non-hydrogen) atoms. The van der Waals surface area contributed by atoms with Gasteiger partial charge in [-0.25, -0.2) is 0 Å². The molecule has 2 atom stereocenters. The van der Waals surface area contributed by atoms with Crippen LogP contribution in [0.15, 0.2) is 12.2 Å². The van der Waals surface area contributed by atoms with Crippen molar-refractivity contribution >= 4 is 22.2 Å².